The van der Waals surface area contributed by atoms with Gasteiger partial charge in [-0.3, -0.25) is 0 Å². The minimum atomic E-state index is -0.762. The predicted molar refractivity (Wildman–Crippen MR) is 46.1 cm³/mol. The second kappa shape index (κ2) is 3.85. The maximum absolute atomic E-state index is 3.82. The third-order valence-electron chi connectivity index (χ3n) is 1.52. The van der Waals surface area contributed by atoms with Crippen molar-refractivity contribution >= 4 is 8.96 Å². The van der Waals surface area contributed by atoms with Gasteiger partial charge in [-0.15, -0.1) is 6.58 Å². The molecule has 0 bridgehead atoms. The van der Waals surface area contributed by atoms with Crippen molar-refractivity contribution in [2.75, 3.05) is 14.1 Å². The van der Waals surface area contributed by atoms with Crippen LogP contribution in [0.2, 0.25) is 5.54 Å². The first kappa shape index (κ1) is 8.92. The Balaban J connectivity index is 3.82. The first-order valence-electron chi connectivity index (χ1n) is 3.38. The molecule has 1 nitrogen and oxygen atoms in total. The normalized spacial score (nSPS) is 14.4. The van der Waals surface area contributed by atoms with Crippen LogP contribution in [0.3, 0.4) is 0 Å². The van der Waals surface area contributed by atoms with E-state index < -0.39 is 8.96 Å². The fourth-order valence-corrected chi connectivity index (χ4v) is 3.24. The van der Waals surface area contributed by atoms with Crippen molar-refractivity contribution in [1.82, 2.24) is 4.57 Å². The molecule has 0 rings (SSSR count). The summed E-state index contributed by atoms with van der Waals surface area (Å²) in [5.41, 5.74) is 2.93. The Bertz CT molecular complexity index is 80.9. The highest BCUT2D eigenvalue weighted by Crippen LogP contribution is 2.08. The van der Waals surface area contributed by atoms with Gasteiger partial charge in [0, 0.05) is 0 Å². The zero-order valence-electron chi connectivity index (χ0n) is 6.89. The minimum Gasteiger partial charge on any atom is -0.328 e. The lowest BCUT2D eigenvalue weighted by atomic mass is 10.6. The van der Waals surface area contributed by atoms with Crippen LogP contribution >= 0.6 is 0 Å². The quantitative estimate of drug-likeness (QED) is 0.540. The van der Waals surface area contributed by atoms with Gasteiger partial charge in [-0.05, 0) is 19.6 Å². The molecule has 0 amide bonds. The Morgan fingerprint density at radius 3 is 1.89 bits per heavy atom. The fourth-order valence-electron chi connectivity index (χ4n) is 1.08. The molecule has 0 aliphatic heterocycles. The van der Waals surface area contributed by atoms with E-state index in [0.29, 0.717) is 0 Å². The molecule has 0 radical (unpaired) electrons. The van der Waals surface area contributed by atoms with E-state index in [-0.39, 0.29) is 0 Å². The van der Waals surface area contributed by atoms with E-state index in [4.69, 9.17) is 0 Å². The zero-order chi connectivity index (χ0) is 7.44. The molecular formula is C7H17NSi. The summed E-state index contributed by atoms with van der Waals surface area (Å²) >= 11 is 0. The van der Waals surface area contributed by atoms with Gasteiger partial charge in [0.1, 0.15) is 8.96 Å². The molecular weight excluding hydrogens is 126 g/mol. The molecule has 0 aromatic heterocycles. The second-order valence-corrected chi connectivity index (χ2v) is 6.75. The molecule has 54 valence electrons. The molecule has 0 spiro atoms. The second-order valence-electron chi connectivity index (χ2n) is 2.93. The molecule has 0 saturated heterocycles. The molecule has 9 heavy (non-hydrogen) atoms. The maximum atomic E-state index is 3.82. The zero-order valence-corrected chi connectivity index (χ0v) is 8.04. The Morgan fingerprint density at radius 1 is 1.44 bits per heavy atom. The van der Waals surface area contributed by atoms with Gasteiger partial charge in [-0.25, -0.2) is 0 Å². The van der Waals surface area contributed by atoms with Crippen molar-refractivity contribution in [1.29, 1.82) is 0 Å². The van der Waals surface area contributed by atoms with Gasteiger partial charge in [0.25, 0.3) is 0 Å². The molecule has 0 saturated carbocycles. The lowest BCUT2D eigenvalue weighted by Gasteiger charge is -2.21. The summed E-state index contributed by atoms with van der Waals surface area (Å²) in [5.74, 6) is 0. The van der Waals surface area contributed by atoms with Crippen LogP contribution in [0.5, 0.6) is 0 Å². The van der Waals surface area contributed by atoms with Crippen LogP contribution in [0.4, 0.5) is 0 Å². The third kappa shape index (κ3) is 2.82. The molecule has 1 atom stereocenters. The van der Waals surface area contributed by atoms with Crippen LogP contribution < -0.4 is 0 Å². The van der Waals surface area contributed by atoms with Gasteiger partial charge in [-0.2, -0.15) is 0 Å². The Morgan fingerprint density at radius 2 is 1.89 bits per heavy atom. The molecule has 0 aliphatic carbocycles. The van der Waals surface area contributed by atoms with Crippen LogP contribution in [0.25, 0.3) is 0 Å². The summed E-state index contributed by atoms with van der Waals surface area (Å²) in [6.45, 7) is 8.35. The highest BCUT2D eigenvalue weighted by atomic mass is 28.3. The van der Waals surface area contributed by atoms with Gasteiger partial charge >= 0.3 is 0 Å². The first-order valence-corrected chi connectivity index (χ1v) is 5.23. The van der Waals surface area contributed by atoms with E-state index >= 15 is 0 Å². The largest absolute Gasteiger partial charge is 0.328 e. The standard InChI is InChI=1S/C7H17NSi/c1-6-9(7(2)3)8(4)5/h6-7,9H,1H2,2-5H3. The van der Waals surface area contributed by atoms with Gasteiger partial charge in [0.05, 0.1) is 0 Å². The molecule has 0 fully saturated rings. The molecule has 0 heterocycles. The third-order valence-corrected chi connectivity index (χ3v) is 4.56. The van der Waals surface area contributed by atoms with Crippen molar-refractivity contribution in [3.8, 4) is 0 Å². The lowest BCUT2D eigenvalue weighted by molar-refractivity contribution is 0.631. The van der Waals surface area contributed by atoms with Crippen molar-refractivity contribution < 1.29 is 0 Å². The smallest absolute Gasteiger partial charge is 0.137 e. The molecule has 0 N–H and O–H groups in total. The highest BCUT2D eigenvalue weighted by Gasteiger charge is 2.12. The van der Waals surface area contributed by atoms with E-state index in [9.17, 15) is 0 Å². The minimum absolute atomic E-state index is 0.762. The van der Waals surface area contributed by atoms with E-state index in [1.807, 2.05) is 0 Å². The van der Waals surface area contributed by atoms with Crippen LogP contribution in [0.15, 0.2) is 12.3 Å². The number of rotatable bonds is 3. The van der Waals surface area contributed by atoms with Gasteiger partial charge in [0.15, 0.2) is 0 Å². The van der Waals surface area contributed by atoms with E-state index in [2.05, 4.69) is 44.8 Å². The van der Waals surface area contributed by atoms with E-state index in [1.165, 1.54) is 0 Å². The molecule has 0 aliphatic rings. The Labute approximate surface area is 60.1 Å². The average Bonchev–Trinajstić information content (AvgIpc) is 1.64. The Hall–Kier alpha value is -0.0831. The number of nitrogens with zero attached hydrogens (tertiary/aromatic N) is 1. The SMILES string of the molecule is C=C[SiH](C(C)C)N(C)C. The summed E-state index contributed by atoms with van der Waals surface area (Å²) < 4.78 is 2.32. The van der Waals surface area contributed by atoms with Gasteiger partial charge in [-0.1, -0.05) is 19.5 Å². The molecule has 2 heteroatoms. The topological polar surface area (TPSA) is 3.24 Å². The highest BCUT2D eigenvalue weighted by molar-refractivity contribution is 6.62. The van der Waals surface area contributed by atoms with Crippen LogP contribution in [-0.4, -0.2) is 27.6 Å². The maximum Gasteiger partial charge on any atom is 0.137 e. The van der Waals surface area contributed by atoms with Crippen molar-refractivity contribution in [3.63, 3.8) is 0 Å². The van der Waals surface area contributed by atoms with Crippen molar-refractivity contribution in [3.05, 3.63) is 12.3 Å². The van der Waals surface area contributed by atoms with Crippen LogP contribution in [0.1, 0.15) is 13.8 Å². The molecule has 0 aromatic carbocycles. The summed E-state index contributed by atoms with van der Waals surface area (Å²) in [6, 6.07) is 0. The van der Waals surface area contributed by atoms with E-state index in [1.54, 1.807) is 0 Å². The van der Waals surface area contributed by atoms with Crippen LogP contribution in [0, 0.1) is 0 Å². The lowest BCUT2D eigenvalue weighted by Crippen LogP contribution is -2.33. The summed E-state index contributed by atoms with van der Waals surface area (Å²) in [6.07, 6.45) is 0. The monoisotopic (exact) mass is 143 g/mol. The summed E-state index contributed by atoms with van der Waals surface area (Å²) in [4.78, 5) is 0. The van der Waals surface area contributed by atoms with E-state index in [0.717, 1.165) is 5.54 Å². The number of hydrogen-bond acceptors (Lipinski definition) is 1. The van der Waals surface area contributed by atoms with Crippen molar-refractivity contribution in [2.24, 2.45) is 0 Å². The van der Waals surface area contributed by atoms with Gasteiger partial charge in [0.2, 0.25) is 0 Å². The predicted octanol–water partition coefficient (Wildman–Crippen LogP) is 1.41. The Kier molecular flexibility index (Phi) is 3.82. The van der Waals surface area contributed by atoms with Crippen LogP contribution in [-0.2, 0) is 0 Å². The van der Waals surface area contributed by atoms with Gasteiger partial charge < -0.3 is 4.57 Å². The summed E-state index contributed by atoms with van der Waals surface area (Å²) in [7, 11) is 3.51. The fraction of sp³-hybridized carbons (Fsp3) is 0.714. The molecule has 1 unspecified atom stereocenters. The number of hydrogen-bond donors (Lipinski definition) is 0. The van der Waals surface area contributed by atoms with Crippen molar-refractivity contribution in [2.45, 2.75) is 19.4 Å². The molecule has 0 aromatic rings. The summed E-state index contributed by atoms with van der Waals surface area (Å²) in [5, 5.41) is 0. The average molecular weight is 143 g/mol. The first-order chi connectivity index (χ1) is 4.09.